The van der Waals surface area contributed by atoms with Gasteiger partial charge in [0.1, 0.15) is 11.3 Å². The normalized spacial score (nSPS) is 15.6. The molecule has 1 saturated carbocycles. The average Bonchev–Trinajstić information content (AvgIpc) is 3.09. The lowest BCUT2D eigenvalue weighted by Crippen LogP contribution is -2.05. The summed E-state index contributed by atoms with van der Waals surface area (Å²) in [6, 6.07) is 1.85. The number of hydrogen-bond donors (Lipinski definition) is 1. The van der Waals surface area contributed by atoms with Gasteiger partial charge in [0, 0.05) is 25.3 Å². The maximum atomic E-state index is 8.95. The Balaban J connectivity index is 2.09. The molecule has 0 unspecified atom stereocenters. The van der Waals surface area contributed by atoms with Gasteiger partial charge in [0.15, 0.2) is 5.65 Å². The zero-order valence-corrected chi connectivity index (χ0v) is 10.2. The molecule has 0 aromatic carbocycles. The van der Waals surface area contributed by atoms with Crippen molar-refractivity contribution in [3.63, 3.8) is 0 Å². The standard InChI is InChI=1S/C12H14ClN3O/c13-9-6-10-12(14-7-9)16(4-1-5-17)11(15-10)8-2-3-8/h6-8,17H,1-5H2. The van der Waals surface area contributed by atoms with E-state index in [1.54, 1.807) is 6.20 Å². The number of rotatable bonds is 4. The topological polar surface area (TPSA) is 50.9 Å². The number of pyridine rings is 1. The predicted octanol–water partition coefficient (Wildman–Crippen LogP) is 2.34. The molecular formula is C12H14ClN3O. The minimum atomic E-state index is 0.192. The van der Waals surface area contributed by atoms with E-state index >= 15 is 0 Å². The lowest BCUT2D eigenvalue weighted by molar-refractivity contribution is 0.279. The lowest BCUT2D eigenvalue weighted by Gasteiger charge is -2.06. The highest BCUT2D eigenvalue weighted by Crippen LogP contribution is 2.40. The Kier molecular flexibility index (Phi) is 2.76. The van der Waals surface area contributed by atoms with Gasteiger partial charge in [0.05, 0.1) is 5.02 Å². The molecule has 2 aromatic rings. The Bertz CT molecular complexity index is 548. The molecule has 0 spiro atoms. The molecule has 0 bridgehead atoms. The van der Waals surface area contributed by atoms with E-state index in [9.17, 15) is 0 Å². The van der Waals surface area contributed by atoms with E-state index in [1.807, 2.05) is 6.07 Å². The molecule has 1 N–H and O–H groups in total. The van der Waals surface area contributed by atoms with Crippen LogP contribution in [-0.4, -0.2) is 26.2 Å². The monoisotopic (exact) mass is 251 g/mol. The summed E-state index contributed by atoms with van der Waals surface area (Å²) in [5.41, 5.74) is 1.74. The van der Waals surface area contributed by atoms with Crippen molar-refractivity contribution in [2.75, 3.05) is 6.61 Å². The fraction of sp³-hybridized carbons (Fsp3) is 0.500. The van der Waals surface area contributed by atoms with Crippen LogP contribution in [0.15, 0.2) is 12.3 Å². The molecule has 2 heterocycles. The lowest BCUT2D eigenvalue weighted by atomic mass is 10.3. The molecular weight excluding hydrogens is 238 g/mol. The van der Waals surface area contributed by atoms with Gasteiger partial charge in [0.2, 0.25) is 0 Å². The summed E-state index contributed by atoms with van der Waals surface area (Å²) >= 11 is 5.93. The van der Waals surface area contributed by atoms with E-state index in [1.165, 1.54) is 12.8 Å². The first-order chi connectivity index (χ1) is 8.29. The zero-order valence-electron chi connectivity index (χ0n) is 9.43. The van der Waals surface area contributed by atoms with Crippen LogP contribution in [0.5, 0.6) is 0 Å². The minimum absolute atomic E-state index is 0.192. The number of aliphatic hydroxyl groups excluding tert-OH is 1. The highest BCUT2D eigenvalue weighted by molar-refractivity contribution is 6.31. The number of nitrogens with zero attached hydrogens (tertiary/aromatic N) is 3. The Morgan fingerprint density at radius 1 is 1.47 bits per heavy atom. The van der Waals surface area contributed by atoms with Gasteiger partial charge in [-0.25, -0.2) is 9.97 Å². The van der Waals surface area contributed by atoms with Crippen molar-refractivity contribution < 1.29 is 5.11 Å². The Hall–Kier alpha value is -1.13. The molecule has 1 aliphatic carbocycles. The van der Waals surface area contributed by atoms with E-state index in [0.717, 1.165) is 30.0 Å². The first-order valence-electron chi connectivity index (χ1n) is 5.92. The third-order valence-corrected chi connectivity index (χ3v) is 3.27. The van der Waals surface area contributed by atoms with E-state index < -0.39 is 0 Å². The SMILES string of the molecule is OCCCn1c(C2CC2)nc2cc(Cl)cnc21. The fourth-order valence-corrected chi connectivity index (χ4v) is 2.26. The predicted molar refractivity (Wildman–Crippen MR) is 66.2 cm³/mol. The number of aliphatic hydroxyl groups is 1. The average molecular weight is 252 g/mol. The Labute approximate surface area is 104 Å². The van der Waals surface area contributed by atoms with Crippen LogP contribution in [0.4, 0.5) is 0 Å². The van der Waals surface area contributed by atoms with Gasteiger partial charge < -0.3 is 9.67 Å². The second-order valence-corrected chi connectivity index (χ2v) is 4.91. The first kappa shape index (κ1) is 11.0. The van der Waals surface area contributed by atoms with Gasteiger partial charge >= 0.3 is 0 Å². The van der Waals surface area contributed by atoms with Crippen molar-refractivity contribution in [2.24, 2.45) is 0 Å². The van der Waals surface area contributed by atoms with Crippen LogP contribution in [0.3, 0.4) is 0 Å². The van der Waals surface area contributed by atoms with Gasteiger partial charge in [0.25, 0.3) is 0 Å². The van der Waals surface area contributed by atoms with Crippen molar-refractivity contribution in [3.05, 3.63) is 23.1 Å². The molecule has 1 fully saturated rings. The van der Waals surface area contributed by atoms with Crippen LogP contribution in [-0.2, 0) is 6.54 Å². The highest BCUT2D eigenvalue weighted by atomic mass is 35.5. The van der Waals surface area contributed by atoms with Crippen LogP contribution >= 0.6 is 11.6 Å². The summed E-state index contributed by atoms with van der Waals surface area (Å²) in [5.74, 6) is 1.67. The molecule has 0 aliphatic heterocycles. The van der Waals surface area contributed by atoms with Gasteiger partial charge in [-0.3, -0.25) is 0 Å². The fourth-order valence-electron chi connectivity index (χ4n) is 2.11. The summed E-state index contributed by atoms with van der Waals surface area (Å²) in [5, 5.41) is 9.57. The first-order valence-corrected chi connectivity index (χ1v) is 6.30. The van der Waals surface area contributed by atoms with Gasteiger partial charge in [-0.1, -0.05) is 11.6 Å². The summed E-state index contributed by atoms with van der Waals surface area (Å²) in [6.07, 6.45) is 4.79. The third kappa shape index (κ3) is 2.03. The molecule has 0 radical (unpaired) electrons. The number of aromatic nitrogens is 3. The van der Waals surface area contributed by atoms with Crippen molar-refractivity contribution in [3.8, 4) is 0 Å². The van der Waals surface area contributed by atoms with Crippen molar-refractivity contribution in [2.45, 2.75) is 31.7 Å². The number of fused-ring (bicyclic) bond motifs is 1. The van der Waals surface area contributed by atoms with Crippen molar-refractivity contribution >= 4 is 22.8 Å². The highest BCUT2D eigenvalue weighted by Gasteiger charge is 2.29. The number of hydrogen-bond acceptors (Lipinski definition) is 3. The summed E-state index contributed by atoms with van der Waals surface area (Å²) in [6.45, 7) is 0.963. The molecule has 1 aliphatic rings. The quantitative estimate of drug-likeness (QED) is 0.908. The van der Waals surface area contributed by atoms with Crippen molar-refractivity contribution in [1.82, 2.24) is 14.5 Å². The largest absolute Gasteiger partial charge is 0.396 e. The summed E-state index contributed by atoms with van der Waals surface area (Å²) < 4.78 is 2.12. The molecule has 17 heavy (non-hydrogen) atoms. The Morgan fingerprint density at radius 3 is 3.00 bits per heavy atom. The van der Waals surface area contributed by atoms with Crippen LogP contribution in [0.25, 0.3) is 11.2 Å². The van der Waals surface area contributed by atoms with Gasteiger partial charge in [-0.2, -0.15) is 0 Å². The maximum Gasteiger partial charge on any atom is 0.160 e. The molecule has 4 nitrogen and oxygen atoms in total. The second kappa shape index (κ2) is 4.27. The van der Waals surface area contributed by atoms with Gasteiger partial charge in [-0.15, -0.1) is 0 Å². The molecule has 3 rings (SSSR count). The van der Waals surface area contributed by atoms with E-state index in [4.69, 9.17) is 16.7 Å². The smallest absolute Gasteiger partial charge is 0.160 e. The molecule has 2 aromatic heterocycles. The van der Waals surface area contributed by atoms with Crippen LogP contribution < -0.4 is 0 Å². The molecule has 0 amide bonds. The number of halogens is 1. The summed E-state index contributed by atoms with van der Waals surface area (Å²) in [4.78, 5) is 8.97. The van der Waals surface area contributed by atoms with E-state index in [-0.39, 0.29) is 6.61 Å². The second-order valence-electron chi connectivity index (χ2n) is 4.47. The number of aryl methyl sites for hydroxylation is 1. The molecule has 5 heteroatoms. The molecule has 0 atom stereocenters. The zero-order chi connectivity index (χ0) is 11.8. The minimum Gasteiger partial charge on any atom is -0.396 e. The van der Waals surface area contributed by atoms with Crippen LogP contribution in [0.2, 0.25) is 5.02 Å². The summed E-state index contributed by atoms with van der Waals surface area (Å²) in [7, 11) is 0. The maximum absolute atomic E-state index is 8.95. The van der Waals surface area contributed by atoms with E-state index in [0.29, 0.717) is 10.9 Å². The van der Waals surface area contributed by atoms with Crippen LogP contribution in [0, 0.1) is 0 Å². The number of imidazole rings is 1. The molecule has 0 saturated heterocycles. The Morgan fingerprint density at radius 2 is 2.29 bits per heavy atom. The van der Waals surface area contributed by atoms with Gasteiger partial charge in [-0.05, 0) is 25.3 Å². The van der Waals surface area contributed by atoms with E-state index in [2.05, 4.69) is 14.5 Å². The van der Waals surface area contributed by atoms with Crippen LogP contribution in [0.1, 0.15) is 31.0 Å². The molecule has 90 valence electrons. The third-order valence-electron chi connectivity index (χ3n) is 3.06. The van der Waals surface area contributed by atoms with Crippen molar-refractivity contribution in [1.29, 1.82) is 0 Å².